The monoisotopic (exact) mass is 284 g/mol. The molecule has 0 aliphatic rings. The molecule has 0 fully saturated rings. The zero-order chi connectivity index (χ0) is 13.0. The smallest absolute Gasteiger partial charge is 0.165 e. The fourth-order valence-corrected chi connectivity index (χ4v) is 2.08. The molecule has 2 aromatic rings. The zero-order valence-corrected chi connectivity index (χ0v) is 11.6. The van der Waals surface area contributed by atoms with Gasteiger partial charge in [0, 0.05) is 12.1 Å². The van der Waals surface area contributed by atoms with E-state index in [4.69, 9.17) is 27.9 Å². The van der Waals surface area contributed by atoms with E-state index < -0.39 is 0 Å². The molecular weight excluding hydrogens is 271 g/mol. The Morgan fingerprint density at radius 2 is 2.22 bits per heavy atom. The number of benzene rings is 1. The van der Waals surface area contributed by atoms with E-state index in [1.54, 1.807) is 12.3 Å². The molecule has 0 saturated heterocycles. The van der Waals surface area contributed by atoms with Crippen molar-refractivity contribution in [3.05, 3.63) is 41.2 Å². The van der Waals surface area contributed by atoms with Crippen LogP contribution >= 0.6 is 23.2 Å². The number of hydrogen-bond donors (Lipinski definition) is 0. The van der Waals surface area contributed by atoms with Gasteiger partial charge in [-0.05, 0) is 12.5 Å². The van der Waals surface area contributed by atoms with Crippen molar-refractivity contribution in [2.24, 2.45) is 0 Å². The van der Waals surface area contributed by atoms with E-state index in [0.29, 0.717) is 22.4 Å². The first-order chi connectivity index (χ1) is 8.74. The summed E-state index contributed by atoms with van der Waals surface area (Å²) >= 11 is 12.0. The molecule has 5 heteroatoms. The lowest BCUT2D eigenvalue weighted by molar-refractivity contribution is 0.476. The van der Waals surface area contributed by atoms with Crippen LogP contribution in [0.15, 0.2) is 30.6 Å². The third-order valence-corrected chi connectivity index (χ3v) is 3.06. The minimum absolute atomic E-state index is 0.360. The molecule has 0 aliphatic heterocycles. The maximum atomic E-state index is 6.12. The summed E-state index contributed by atoms with van der Waals surface area (Å²) in [6, 6.07) is 5.53. The number of alkyl halides is 1. The minimum atomic E-state index is 0.360. The molecule has 1 heterocycles. The van der Waals surface area contributed by atoms with E-state index in [-0.39, 0.29) is 0 Å². The van der Waals surface area contributed by atoms with Crippen molar-refractivity contribution < 1.29 is 4.74 Å². The van der Waals surface area contributed by atoms with Crippen LogP contribution in [0, 0.1) is 0 Å². The molecule has 0 atom stereocenters. The van der Waals surface area contributed by atoms with Gasteiger partial charge in [-0.15, -0.1) is 11.6 Å². The molecule has 0 radical (unpaired) electrons. The van der Waals surface area contributed by atoms with E-state index in [0.717, 1.165) is 18.5 Å². The first kappa shape index (κ1) is 13.2. The van der Waals surface area contributed by atoms with Crippen LogP contribution in [-0.4, -0.2) is 9.78 Å². The number of para-hydroxylation sites is 1. The van der Waals surface area contributed by atoms with Crippen LogP contribution in [-0.2, 0) is 12.4 Å². The Morgan fingerprint density at radius 3 is 2.94 bits per heavy atom. The fraction of sp³-hybridized carbons (Fsp3) is 0.308. The molecule has 18 heavy (non-hydrogen) atoms. The van der Waals surface area contributed by atoms with Gasteiger partial charge in [0.25, 0.3) is 0 Å². The van der Waals surface area contributed by atoms with Gasteiger partial charge in [0.2, 0.25) is 0 Å². The second-order valence-electron chi connectivity index (χ2n) is 3.90. The molecule has 0 spiro atoms. The first-order valence-electron chi connectivity index (χ1n) is 5.78. The van der Waals surface area contributed by atoms with Gasteiger partial charge in [0.05, 0.1) is 23.3 Å². The van der Waals surface area contributed by atoms with E-state index >= 15 is 0 Å². The highest BCUT2D eigenvalue weighted by molar-refractivity contribution is 6.32. The van der Waals surface area contributed by atoms with Crippen molar-refractivity contribution >= 4 is 23.2 Å². The Hall–Kier alpha value is -1.19. The Bertz CT molecular complexity index is 525. The van der Waals surface area contributed by atoms with E-state index in [1.807, 2.05) is 23.0 Å². The van der Waals surface area contributed by atoms with Gasteiger partial charge in [0.15, 0.2) is 11.5 Å². The summed E-state index contributed by atoms with van der Waals surface area (Å²) in [6.45, 7) is 2.97. The Morgan fingerprint density at radius 1 is 1.39 bits per heavy atom. The lowest BCUT2D eigenvalue weighted by atomic mass is 10.2. The minimum Gasteiger partial charge on any atom is -0.452 e. The Kier molecular flexibility index (Phi) is 4.50. The van der Waals surface area contributed by atoms with Crippen molar-refractivity contribution in [3.8, 4) is 11.5 Å². The van der Waals surface area contributed by atoms with Gasteiger partial charge in [-0.2, -0.15) is 5.10 Å². The highest BCUT2D eigenvalue weighted by atomic mass is 35.5. The summed E-state index contributed by atoms with van der Waals surface area (Å²) in [4.78, 5) is 0. The van der Waals surface area contributed by atoms with Crippen LogP contribution in [0.25, 0.3) is 0 Å². The molecule has 0 N–H and O–H groups in total. The van der Waals surface area contributed by atoms with Crippen LogP contribution in [0.5, 0.6) is 11.5 Å². The SMILES string of the molecule is CCCn1cc(Oc2c(Cl)cccc2CCl)cn1. The molecule has 1 aromatic heterocycles. The third kappa shape index (κ3) is 2.98. The average Bonchev–Trinajstić information content (AvgIpc) is 2.80. The summed E-state index contributed by atoms with van der Waals surface area (Å²) in [7, 11) is 0. The zero-order valence-electron chi connectivity index (χ0n) is 10.1. The molecule has 0 saturated carbocycles. The standard InChI is InChI=1S/C13H14Cl2N2O/c1-2-6-17-9-11(8-16-17)18-13-10(7-14)4-3-5-12(13)15/h3-5,8-9H,2,6-7H2,1H3. The molecule has 0 unspecified atom stereocenters. The van der Waals surface area contributed by atoms with E-state index in [9.17, 15) is 0 Å². The van der Waals surface area contributed by atoms with Crippen molar-refractivity contribution in [2.45, 2.75) is 25.8 Å². The first-order valence-corrected chi connectivity index (χ1v) is 6.69. The molecule has 0 amide bonds. The Labute approximate surface area is 116 Å². The van der Waals surface area contributed by atoms with Crippen molar-refractivity contribution in [1.29, 1.82) is 0 Å². The van der Waals surface area contributed by atoms with Crippen LogP contribution < -0.4 is 4.74 Å². The van der Waals surface area contributed by atoms with E-state index in [1.165, 1.54) is 0 Å². The molecule has 3 nitrogen and oxygen atoms in total. The van der Waals surface area contributed by atoms with Gasteiger partial charge in [-0.25, -0.2) is 0 Å². The van der Waals surface area contributed by atoms with Crippen LogP contribution in [0.4, 0.5) is 0 Å². The highest BCUT2D eigenvalue weighted by Gasteiger charge is 2.10. The summed E-state index contributed by atoms with van der Waals surface area (Å²) in [5.41, 5.74) is 0.868. The maximum absolute atomic E-state index is 6.12. The average molecular weight is 285 g/mol. The number of rotatable bonds is 5. The second kappa shape index (κ2) is 6.12. The van der Waals surface area contributed by atoms with Crippen LogP contribution in [0.3, 0.4) is 0 Å². The summed E-state index contributed by atoms with van der Waals surface area (Å²) in [5, 5.41) is 4.76. The lowest BCUT2D eigenvalue weighted by Crippen LogP contribution is -1.95. The quantitative estimate of drug-likeness (QED) is 0.757. The maximum Gasteiger partial charge on any atom is 0.165 e. The van der Waals surface area contributed by atoms with E-state index in [2.05, 4.69) is 12.0 Å². The number of halogens is 2. The molecule has 2 rings (SSSR count). The van der Waals surface area contributed by atoms with Gasteiger partial charge >= 0.3 is 0 Å². The predicted octanol–water partition coefficient (Wildman–Crippen LogP) is 4.48. The van der Waals surface area contributed by atoms with Crippen molar-refractivity contribution in [1.82, 2.24) is 9.78 Å². The Balaban J connectivity index is 2.22. The molecular formula is C13H14Cl2N2O. The predicted molar refractivity (Wildman–Crippen MR) is 73.6 cm³/mol. The van der Waals surface area contributed by atoms with Gasteiger partial charge in [-0.1, -0.05) is 30.7 Å². The van der Waals surface area contributed by atoms with Gasteiger partial charge in [0.1, 0.15) is 0 Å². The van der Waals surface area contributed by atoms with Crippen molar-refractivity contribution in [3.63, 3.8) is 0 Å². The highest BCUT2D eigenvalue weighted by Crippen LogP contribution is 2.33. The number of nitrogens with zero attached hydrogens (tertiary/aromatic N) is 2. The summed E-state index contributed by atoms with van der Waals surface area (Å²) in [5.74, 6) is 1.63. The molecule has 0 aliphatic carbocycles. The van der Waals surface area contributed by atoms with Gasteiger partial charge in [-0.3, -0.25) is 4.68 Å². The summed E-state index contributed by atoms with van der Waals surface area (Å²) in [6.07, 6.45) is 4.56. The van der Waals surface area contributed by atoms with Crippen LogP contribution in [0.1, 0.15) is 18.9 Å². The second-order valence-corrected chi connectivity index (χ2v) is 4.58. The number of ether oxygens (including phenoxy) is 1. The third-order valence-electron chi connectivity index (χ3n) is 2.47. The number of hydrogen-bond acceptors (Lipinski definition) is 2. The van der Waals surface area contributed by atoms with Crippen LogP contribution in [0.2, 0.25) is 5.02 Å². The lowest BCUT2D eigenvalue weighted by Gasteiger charge is -2.09. The summed E-state index contributed by atoms with van der Waals surface area (Å²) < 4.78 is 7.60. The van der Waals surface area contributed by atoms with Crippen molar-refractivity contribution in [2.75, 3.05) is 0 Å². The number of aryl methyl sites for hydroxylation is 1. The normalized spacial score (nSPS) is 10.6. The molecule has 1 aromatic carbocycles. The largest absolute Gasteiger partial charge is 0.452 e. The molecule has 96 valence electrons. The topological polar surface area (TPSA) is 27.1 Å². The fourth-order valence-electron chi connectivity index (χ4n) is 1.64. The number of aromatic nitrogens is 2. The molecule has 0 bridgehead atoms. The van der Waals surface area contributed by atoms with Gasteiger partial charge < -0.3 is 4.74 Å².